The number of nitrogens with zero attached hydrogens (tertiary/aromatic N) is 1. The lowest BCUT2D eigenvalue weighted by atomic mass is 9.83. The first kappa shape index (κ1) is 30.8. The number of aliphatic hydroxyl groups is 1. The monoisotopic (exact) mass is 611 g/mol. The summed E-state index contributed by atoms with van der Waals surface area (Å²) in [5, 5.41) is 14.7. The molecule has 2 atom stereocenters. The maximum Gasteiger partial charge on any atom is 0.403 e. The van der Waals surface area contributed by atoms with Gasteiger partial charge >= 0.3 is 6.18 Å². The average molecular weight is 612 g/mol. The highest BCUT2D eigenvalue weighted by Gasteiger charge is 2.57. The number of alkyl halides is 3. The van der Waals surface area contributed by atoms with Crippen LogP contribution in [0.3, 0.4) is 0 Å². The second kappa shape index (κ2) is 12.4. The maximum atomic E-state index is 14.6. The van der Waals surface area contributed by atoms with E-state index in [1.807, 2.05) is 0 Å². The first-order chi connectivity index (χ1) is 19.9. The van der Waals surface area contributed by atoms with Crippen LogP contribution in [0.15, 0.2) is 48.5 Å². The van der Waals surface area contributed by atoms with Gasteiger partial charge in [-0.2, -0.15) is 13.2 Å². The van der Waals surface area contributed by atoms with Crippen LogP contribution in [-0.4, -0.2) is 68.1 Å². The maximum absolute atomic E-state index is 14.6. The number of rotatable bonds is 10. The summed E-state index contributed by atoms with van der Waals surface area (Å²) in [6.07, 6.45) is -5.39. The van der Waals surface area contributed by atoms with E-state index in [2.05, 4.69) is 15.6 Å². The molecule has 3 aromatic rings. The van der Waals surface area contributed by atoms with Gasteiger partial charge in [0.1, 0.15) is 22.7 Å². The van der Waals surface area contributed by atoms with Gasteiger partial charge in [0.05, 0.1) is 31.5 Å². The minimum Gasteiger partial charge on any atom is -0.494 e. The van der Waals surface area contributed by atoms with E-state index in [4.69, 9.17) is 25.8 Å². The van der Waals surface area contributed by atoms with Gasteiger partial charge in [0.25, 0.3) is 11.8 Å². The van der Waals surface area contributed by atoms with Crippen LogP contribution in [-0.2, 0) is 10.2 Å². The molecule has 0 aliphatic carbocycles. The number of aliphatic hydroxyl groups excluding tert-OH is 1. The van der Waals surface area contributed by atoms with Crippen LogP contribution >= 0.6 is 11.6 Å². The summed E-state index contributed by atoms with van der Waals surface area (Å²) in [6.45, 7) is -2.10. The van der Waals surface area contributed by atoms with Crippen LogP contribution in [0.4, 0.5) is 17.6 Å². The zero-order valence-electron chi connectivity index (χ0n) is 22.4. The zero-order chi connectivity index (χ0) is 30.7. The number of benzene rings is 2. The van der Waals surface area contributed by atoms with Gasteiger partial charge in [-0.05, 0) is 48.5 Å². The highest BCUT2D eigenvalue weighted by Crippen LogP contribution is 2.42. The highest BCUT2D eigenvalue weighted by atomic mass is 35.5. The second-order valence-electron chi connectivity index (χ2n) is 9.35. The molecule has 2 unspecified atom stereocenters. The molecule has 2 aromatic carbocycles. The SMILES string of the molecule is COc1cc(C(=O)NCC(CO)(c2ccc(OC)c(-c3ccc(F)c(Cl)c3)n2)C(F)(F)F)ccc1OC1CCNC1=O. The molecule has 0 radical (unpaired) electrons. The topological polar surface area (TPSA) is 119 Å². The molecule has 1 aromatic heterocycles. The first-order valence-electron chi connectivity index (χ1n) is 12.5. The Morgan fingerprint density at radius 3 is 2.40 bits per heavy atom. The van der Waals surface area contributed by atoms with Crippen molar-refractivity contribution < 1.29 is 46.5 Å². The van der Waals surface area contributed by atoms with Crippen molar-refractivity contribution in [2.45, 2.75) is 24.1 Å². The zero-order valence-corrected chi connectivity index (χ0v) is 23.1. The number of carbonyl (C=O) groups excluding carboxylic acids is 2. The number of methoxy groups -OCH3 is 2. The fourth-order valence-corrected chi connectivity index (χ4v) is 4.55. The number of carbonyl (C=O) groups is 2. The van der Waals surface area contributed by atoms with Crippen LogP contribution in [0, 0.1) is 5.82 Å². The molecule has 0 bridgehead atoms. The summed E-state index contributed by atoms with van der Waals surface area (Å²) in [7, 11) is 2.59. The van der Waals surface area contributed by atoms with Crippen LogP contribution < -0.4 is 24.8 Å². The number of nitrogens with one attached hydrogen (secondary N) is 2. The van der Waals surface area contributed by atoms with Gasteiger partial charge in [-0.3, -0.25) is 9.59 Å². The molecule has 1 fully saturated rings. The Morgan fingerprint density at radius 2 is 1.81 bits per heavy atom. The van der Waals surface area contributed by atoms with Gasteiger partial charge in [-0.25, -0.2) is 9.37 Å². The van der Waals surface area contributed by atoms with Gasteiger partial charge in [0.2, 0.25) is 0 Å². The van der Waals surface area contributed by atoms with Gasteiger partial charge in [0.15, 0.2) is 17.6 Å². The number of hydrogen-bond donors (Lipinski definition) is 3. The van der Waals surface area contributed by atoms with E-state index in [9.17, 15) is 32.3 Å². The van der Waals surface area contributed by atoms with Gasteiger partial charge in [-0.15, -0.1) is 0 Å². The predicted octanol–water partition coefficient (Wildman–Crippen LogP) is 4.05. The van der Waals surface area contributed by atoms with Crippen molar-refractivity contribution in [3.63, 3.8) is 0 Å². The van der Waals surface area contributed by atoms with Crippen molar-refractivity contribution in [2.75, 3.05) is 33.9 Å². The molecule has 0 spiro atoms. The number of amides is 2. The fraction of sp³-hybridized carbons (Fsp3) is 0.321. The number of ether oxygens (including phenoxy) is 3. The minimum atomic E-state index is -5.08. The molecule has 2 heterocycles. The van der Waals surface area contributed by atoms with E-state index >= 15 is 0 Å². The molecule has 42 heavy (non-hydrogen) atoms. The predicted molar refractivity (Wildman–Crippen MR) is 143 cm³/mol. The third kappa shape index (κ3) is 6.07. The van der Waals surface area contributed by atoms with Gasteiger partial charge in [-0.1, -0.05) is 11.6 Å². The molecule has 1 saturated heterocycles. The van der Waals surface area contributed by atoms with Gasteiger partial charge < -0.3 is 30.0 Å². The van der Waals surface area contributed by atoms with Crippen LogP contribution in [0.25, 0.3) is 11.3 Å². The molecule has 1 aliphatic rings. The minimum absolute atomic E-state index is 0.0616. The molecular weight excluding hydrogens is 586 g/mol. The molecule has 224 valence electrons. The Hall–Kier alpha value is -4.10. The Kier molecular flexibility index (Phi) is 9.12. The molecular formula is C28H26ClF4N3O6. The number of aromatic nitrogens is 1. The number of halogens is 5. The van der Waals surface area contributed by atoms with E-state index in [-0.39, 0.29) is 45.0 Å². The summed E-state index contributed by atoms with van der Waals surface area (Å²) in [5.74, 6) is -1.61. The Morgan fingerprint density at radius 1 is 1.10 bits per heavy atom. The molecule has 1 aliphatic heterocycles. The Balaban J connectivity index is 1.64. The Labute approximate surface area is 242 Å². The normalized spacial score (nSPS) is 16.4. The standard InChI is InChI=1S/C28H26ClF4N3O6/c1-40-20-7-8-23(36-24(20)15-3-5-18(30)17(29)11-15)27(14-37,28(31,32)33)13-35-25(38)16-4-6-19(22(12-16)41-2)42-21-9-10-34-26(21)39/h3-8,11-12,21,37H,9-10,13-14H2,1-2H3,(H,34,39)(H,35,38). The molecule has 2 amide bonds. The average Bonchev–Trinajstić information content (AvgIpc) is 3.38. The largest absolute Gasteiger partial charge is 0.494 e. The summed E-state index contributed by atoms with van der Waals surface area (Å²) in [4.78, 5) is 29.0. The lowest BCUT2D eigenvalue weighted by Crippen LogP contribution is -2.54. The quantitative estimate of drug-likeness (QED) is 0.296. The van der Waals surface area contributed by atoms with Crippen LogP contribution in [0.5, 0.6) is 17.2 Å². The van der Waals surface area contributed by atoms with E-state index < -0.39 is 48.3 Å². The second-order valence-corrected chi connectivity index (χ2v) is 9.76. The third-order valence-electron chi connectivity index (χ3n) is 6.82. The van der Waals surface area contributed by atoms with Crippen molar-refractivity contribution in [2.24, 2.45) is 0 Å². The van der Waals surface area contributed by atoms with Crippen molar-refractivity contribution in [1.82, 2.24) is 15.6 Å². The number of hydrogen-bond acceptors (Lipinski definition) is 7. The third-order valence-corrected chi connectivity index (χ3v) is 7.11. The van der Waals surface area contributed by atoms with Crippen LogP contribution in [0.2, 0.25) is 5.02 Å². The molecule has 3 N–H and O–H groups in total. The summed E-state index contributed by atoms with van der Waals surface area (Å²) in [6, 6.07) is 9.66. The molecule has 0 saturated carbocycles. The lowest BCUT2D eigenvalue weighted by molar-refractivity contribution is -0.200. The molecule has 4 rings (SSSR count). The van der Waals surface area contributed by atoms with Crippen molar-refractivity contribution >= 4 is 23.4 Å². The van der Waals surface area contributed by atoms with Crippen molar-refractivity contribution in [3.05, 3.63) is 70.6 Å². The summed E-state index contributed by atoms with van der Waals surface area (Å²) >= 11 is 5.87. The van der Waals surface area contributed by atoms with E-state index in [1.165, 1.54) is 50.6 Å². The fourth-order valence-electron chi connectivity index (χ4n) is 4.37. The van der Waals surface area contributed by atoms with Crippen molar-refractivity contribution in [3.8, 4) is 28.5 Å². The lowest BCUT2D eigenvalue weighted by Gasteiger charge is -2.34. The first-order valence-corrected chi connectivity index (χ1v) is 12.9. The molecule has 9 nitrogen and oxygen atoms in total. The van der Waals surface area contributed by atoms with E-state index in [0.29, 0.717) is 13.0 Å². The van der Waals surface area contributed by atoms with Gasteiger partial charge in [0, 0.05) is 30.6 Å². The van der Waals surface area contributed by atoms with Crippen LogP contribution in [0.1, 0.15) is 22.5 Å². The van der Waals surface area contributed by atoms with E-state index in [1.54, 1.807) is 0 Å². The summed E-state index contributed by atoms with van der Waals surface area (Å²) < 4.78 is 73.7. The highest BCUT2D eigenvalue weighted by molar-refractivity contribution is 6.31. The summed E-state index contributed by atoms with van der Waals surface area (Å²) in [5.41, 5.74) is -3.63. The van der Waals surface area contributed by atoms with Crippen molar-refractivity contribution in [1.29, 1.82) is 0 Å². The smallest absolute Gasteiger partial charge is 0.403 e. The Bertz CT molecular complexity index is 1490. The molecule has 14 heteroatoms. The number of pyridine rings is 1. The van der Waals surface area contributed by atoms with E-state index in [0.717, 1.165) is 12.1 Å².